The van der Waals surface area contributed by atoms with Crippen LogP contribution in [-0.4, -0.2) is 64.8 Å². The number of H-pyrrole nitrogens is 1. The molecule has 7 N–H and O–H groups in total. The number of primary amides is 1. The highest BCUT2D eigenvalue weighted by molar-refractivity contribution is 6.03. The molecule has 11 heteroatoms. The summed E-state index contributed by atoms with van der Waals surface area (Å²) in [5, 5.41) is 26.1. The summed E-state index contributed by atoms with van der Waals surface area (Å²) in [6.07, 6.45) is 3.94. The lowest BCUT2D eigenvalue weighted by Gasteiger charge is -2.37. The van der Waals surface area contributed by atoms with E-state index in [4.69, 9.17) is 5.73 Å². The third-order valence-electron chi connectivity index (χ3n) is 6.17. The summed E-state index contributed by atoms with van der Waals surface area (Å²) in [5.74, 6) is 1.33. The highest BCUT2D eigenvalue weighted by Crippen LogP contribution is 2.27. The van der Waals surface area contributed by atoms with Crippen molar-refractivity contribution in [1.29, 1.82) is 0 Å². The number of amides is 1. The molecule has 5 rings (SSSR count). The van der Waals surface area contributed by atoms with Crippen LogP contribution in [-0.2, 0) is 6.54 Å². The van der Waals surface area contributed by atoms with Gasteiger partial charge < -0.3 is 36.6 Å². The Kier molecular flexibility index (Phi) is 6.61. The Morgan fingerprint density at radius 1 is 1.03 bits per heavy atom. The monoisotopic (exact) mass is 487 g/mol. The molecule has 186 valence electrons. The van der Waals surface area contributed by atoms with Crippen molar-refractivity contribution in [2.24, 2.45) is 10.7 Å². The van der Waals surface area contributed by atoms with Crippen molar-refractivity contribution < 1.29 is 9.90 Å². The molecule has 2 aromatic carbocycles. The second-order valence-corrected chi connectivity index (χ2v) is 8.56. The lowest BCUT2D eigenvalue weighted by Crippen LogP contribution is -2.52. The molecular weight excluding hydrogens is 458 g/mol. The number of aromatic nitrogens is 2. The molecule has 0 atom stereocenters. The Balaban J connectivity index is 1.20. The van der Waals surface area contributed by atoms with Gasteiger partial charge in [0, 0.05) is 50.3 Å². The molecule has 2 aliphatic heterocycles. The number of guanidine groups is 1. The molecule has 0 aliphatic carbocycles. The molecular formula is C25H29N9O2. The number of aromatic amines is 1. The minimum absolute atomic E-state index is 0.195. The van der Waals surface area contributed by atoms with E-state index in [9.17, 15) is 9.90 Å². The van der Waals surface area contributed by atoms with E-state index < -0.39 is 5.91 Å². The topological polar surface area (TPSA) is 147 Å². The number of nitrogens with one attached hydrogen (secondary N) is 4. The van der Waals surface area contributed by atoms with Crippen molar-refractivity contribution in [3.05, 3.63) is 71.9 Å². The number of piperazine rings is 1. The molecule has 0 bridgehead atoms. The Bertz CT molecular complexity index is 1260. The van der Waals surface area contributed by atoms with E-state index in [-0.39, 0.29) is 11.3 Å². The molecule has 0 spiro atoms. The second kappa shape index (κ2) is 10.3. The molecule has 1 fully saturated rings. The number of hydrogen-bond donors (Lipinski definition) is 6. The highest BCUT2D eigenvalue weighted by atomic mass is 16.3. The Labute approximate surface area is 208 Å². The number of anilines is 4. The average Bonchev–Trinajstić information content (AvgIpc) is 3.32. The van der Waals surface area contributed by atoms with Gasteiger partial charge in [-0.1, -0.05) is 12.1 Å². The summed E-state index contributed by atoms with van der Waals surface area (Å²) < 4.78 is 0. The predicted molar refractivity (Wildman–Crippen MR) is 141 cm³/mol. The molecule has 3 heterocycles. The number of hydrogen-bond acceptors (Lipinski definition) is 9. The van der Waals surface area contributed by atoms with Gasteiger partial charge in [-0.2, -0.15) is 5.10 Å². The molecule has 1 amide bonds. The second-order valence-electron chi connectivity index (χ2n) is 8.56. The van der Waals surface area contributed by atoms with Crippen LogP contribution in [0.3, 0.4) is 0 Å². The summed E-state index contributed by atoms with van der Waals surface area (Å²) in [7, 11) is 0. The number of aliphatic imine (C=N–C) groups is 1. The Morgan fingerprint density at radius 3 is 2.42 bits per heavy atom. The highest BCUT2D eigenvalue weighted by Gasteiger charge is 2.21. The molecule has 36 heavy (non-hydrogen) atoms. The minimum atomic E-state index is -0.596. The van der Waals surface area contributed by atoms with Crippen LogP contribution in [0.5, 0.6) is 5.75 Å². The maximum Gasteiger partial charge on any atom is 0.256 e. The summed E-state index contributed by atoms with van der Waals surface area (Å²) in [6.45, 7) is 4.75. The maximum absolute atomic E-state index is 12.2. The summed E-state index contributed by atoms with van der Waals surface area (Å²) in [5.41, 5.74) is 8.77. The SMILES string of the molecule is NC(=O)c1c(NCc2ccc(O)cc2)n[nH]c1Nc1ccc(N2CCN(C3=NCC=CN3)CC2)cc1. The summed E-state index contributed by atoms with van der Waals surface area (Å²) in [6, 6.07) is 14.8. The number of aromatic hydroxyl groups is 1. The molecule has 11 nitrogen and oxygen atoms in total. The summed E-state index contributed by atoms with van der Waals surface area (Å²) >= 11 is 0. The van der Waals surface area contributed by atoms with Gasteiger partial charge >= 0.3 is 0 Å². The molecule has 1 aromatic heterocycles. The van der Waals surface area contributed by atoms with Gasteiger partial charge in [0.15, 0.2) is 11.8 Å². The van der Waals surface area contributed by atoms with Gasteiger partial charge in [-0.15, -0.1) is 0 Å². The molecule has 3 aromatic rings. The van der Waals surface area contributed by atoms with Gasteiger partial charge in [0.2, 0.25) is 0 Å². The van der Waals surface area contributed by atoms with Crippen LogP contribution in [0.2, 0.25) is 0 Å². The van der Waals surface area contributed by atoms with Crippen molar-refractivity contribution in [2.75, 3.05) is 48.3 Å². The minimum Gasteiger partial charge on any atom is -0.508 e. The number of carbonyl (C=O) groups excluding carboxylic acids is 1. The van der Waals surface area contributed by atoms with E-state index in [2.05, 4.69) is 53.1 Å². The van der Waals surface area contributed by atoms with Crippen LogP contribution >= 0.6 is 0 Å². The normalized spacial score (nSPS) is 15.3. The van der Waals surface area contributed by atoms with Crippen molar-refractivity contribution >= 4 is 34.9 Å². The number of nitrogens with zero attached hydrogens (tertiary/aromatic N) is 4. The fourth-order valence-electron chi connectivity index (χ4n) is 4.24. The van der Waals surface area contributed by atoms with Crippen LogP contribution in [0.25, 0.3) is 0 Å². The zero-order chi connectivity index (χ0) is 24.9. The van der Waals surface area contributed by atoms with E-state index in [1.807, 2.05) is 24.4 Å². The van der Waals surface area contributed by atoms with E-state index in [0.29, 0.717) is 18.2 Å². The number of phenolic OH excluding ortho intramolecular Hbond substituents is 1. The zero-order valence-electron chi connectivity index (χ0n) is 19.7. The van der Waals surface area contributed by atoms with Gasteiger partial charge in [0.25, 0.3) is 5.91 Å². The third kappa shape index (κ3) is 5.19. The molecule has 1 saturated heterocycles. The van der Waals surface area contributed by atoms with E-state index in [1.165, 1.54) is 0 Å². The Hall–Kier alpha value is -4.67. The van der Waals surface area contributed by atoms with Crippen LogP contribution < -0.4 is 26.6 Å². The lowest BCUT2D eigenvalue weighted by molar-refractivity contribution is 0.100. The fraction of sp³-hybridized carbons (Fsp3) is 0.240. The average molecular weight is 488 g/mol. The molecule has 0 saturated carbocycles. The molecule has 0 unspecified atom stereocenters. The first-order valence-corrected chi connectivity index (χ1v) is 11.8. The van der Waals surface area contributed by atoms with Crippen LogP contribution in [0.1, 0.15) is 15.9 Å². The van der Waals surface area contributed by atoms with Crippen molar-refractivity contribution in [1.82, 2.24) is 20.4 Å². The first-order chi connectivity index (χ1) is 17.6. The fourth-order valence-corrected chi connectivity index (χ4v) is 4.24. The van der Waals surface area contributed by atoms with Gasteiger partial charge in [0.05, 0.1) is 6.54 Å². The molecule has 2 aliphatic rings. The van der Waals surface area contributed by atoms with Crippen molar-refractivity contribution in [3.8, 4) is 5.75 Å². The number of carbonyl (C=O) groups is 1. The number of phenols is 1. The zero-order valence-corrected chi connectivity index (χ0v) is 19.7. The van der Waals surface area contributed by atoms with Gasteiger partial charge in [0.1, 0.15) is 17.1 Å². The Morgan fingerprint density at radius 2 is 1.75 bits per heavy atom. The van der Waals surface area contributed by atoms with E-state index >= 15 is 0 Å². The molecule has 0 radical (unpaired) electrons. The number of nitrogens with two attached hydrogens (primary N) is 1. The van der Waals surface area contributed by atoms with Crippen LogP contribution in [0, 0.1) is 0 Å². The van der Waals surface area contributed by atoms with Gasteiger partial charge in [-0.3, -0.25) is 9.89 Å². The van der Waals surface area contributed by atoms with Crippen molar-refractivity contribution in [3.63, 3.8) is 0 Å². The van der Waals surface area contributed by atoms with E-state index in [1.54, 1.807) is 24.3 Å². The van der Waals surface area contributed by atoms with Crippen LogP contribution in [0.4, 0.5) is 23.0 Å². The first kappa shape index (κ1) is 23.1. The largest absolute Gasteiger partial charge is 0.508 e. The number of benzene rings is 2. The summed E-state index contributed by atoms with van der Waals surface area (Å²) in [4.78, 5) is 21.3. The number of rotatable bonds is 7. The van der Waals surface area contributed by atoms with Crippen molar-refractivity contribution in [2.45, 2.75) is 6.54 Å². The maximum atomic E-state index is 12.2. The quantitative estimate of drug-likeness (QED) is 0.297. The smallest absolute Gasteiger partial charge is 0.256 e. The van der Waals surface area contributed by atoms with Crippen LogP contribution in [0.15, 0.2) is 65.8 Å². The van der Waals surface area contributed by atoms with E-state index in [0.717, 1.165) is 55.6 Å². The lowest BCUT2D eigenvalue weighted by atomic mass is 10.2. The van der Waals surface area contributed by atoms with Gasteiger partial charge in [-0.25, -0.2) is 4.99 Å². The third-order valence-corrected chi connectivity index (χ3v) is 6.17. The standard InChI is InChI=1S/C25H29N9O2/c26-22(36)21-23(29-16-17-2-8-20(35)9-3-17)31-32-24(21)30-18-4-6-19(7-5-18)33-12-14-34(15-13-33)25-27-10-1-11-28-25/h1-10,35H,11-16H2,(H2,26,36)(H,27,28)(H3,29,30,31,32). The first-order valence-electron chi connectivity index (χ1n) is 11.8. The van der Waals surface area contributed by atoms with Gasteiger partial charge in [-0.05, 0) is 48.0 Å². The predicted octanol–water partition coefficient (Wildman–Crippen LogP) is 2.16.